The first kappa shape index (κ1) is 12.4. The normalized spacial score (nSPS) is 12.4. The van der Waals surface area contributed by atoms with E-state index in [1.165, 1.54) is 11.6 Å². The van der Waals surface area contributed by atoms with Gasteiger partial charge in [0.2, 0.25) is 0 Å². The highest BCUT2D eigenvalue weighted by Gasteiger charge is 2.12. The van der Waals surface area contributed by atoms with Crippen molar-refractivity contribution in [1.82, 2.24) is 0 Å². The summed E-state index contributed by atoms with van der Waals surface area (Å²) in [5, 5.41) is 0. The fraction of sp³-hybridized carbons (Fsp3) is 0.267. The lowest BCUT2D eigenvalue weighted by Gasteiger charge is -2.18. The fourth-order valence-corrected chi connectivity index (χ4v) is 1.37. The zero-order valence-corrected chi connectivity index (χ0v) is 10.1. The zero-order valence-electron chi connectivity index (χ0n) is 10.1. The van der Waals surface area contributed by atoms with Gasteiger partial charge in [-0.05, 0) is 22.6 Å². The van der Waals surface area contributed by atoms with Crippen molar-refractivity contribution < 1.29 is 4.79 Å². The molecule has 0 saturated carbocycles. The highest BCUT2D eigenvalue weighted by molar-refractivity contribution is 5.66. The average molecular weight is 214 g/mol. The molecule has 0 saturated heterocycles. The van der Waals surface area contributed by atoms with E-state index in [9.17, 15) is 4.79 Å². The number of carbonyl (C=O) groups excluding carboxylic acids is 1. The SMILES string of the molecule is CC(C)(C)c1ccc(/C=C/C=C/C=O)cc1. The van der Waals surface area contributed by atoms with E-state index in [-0.39, 0.29) is 5.41 Å². The molecule has 1 heteroatoms. The van der Waals surface area contributed by atoms with Crippen LogP contribution in [0.5, 0.6) is 0 Å². The average Bonchev–Trinajstić information content (AvgIpc) is 2.24. The quantitative estimate of drug-likeness (QED) is 0.425. The minimum Gasteiger partial charge on any atom is -0.299 e. The monoisotopic (exact) mass is 214 g/mol. The number of allylic oxidation sites excluding steroid dienone is 3. The Kier molecular flexibility index (Phi) is 4.24. The third kappa shape index (κ3) is 3.85. The van der Waals surface area contributed by atoms with Gasteiger partial charge in [0.05, 0.1) is 0 Å². The summed E-state index contributed by atoms with van der Waals surface area (Å²) < 4.78 is 0. The molecule has 84 valence electrons. The highest BCUT2D eigenvalue weighted by atomic mass is 16.1. The van der Waals surface area contributed by atoms with E-state index in [4.69, 9.17) is 0 Å². The van der Waals surface area contributed by atoms with Gasteiger partial charge in [-0.3, -0.25) is 4.79 Å². The second kappa shape index (κ2) is 5.45. The number of aldehydes is 1. The van der Waals surface area contributed by atoms with E-state index >= 15 is 0 Å². The molecule has 1 nitrogen and oxygen atoms in total. The van der Waals surface area contributed by atoms with Crippen LogP contribution in [-0.2, 0) is 10.2 Å². The molecular weight excluding hydrogens is 196 g/mol. The maximum absolute atomic E-state index is 10.1. The molecule has 0 heterocycles. The molecule has 0 atom stereocenters. The van der Waals surface area contributed by atoms with E-state index in [0.29, 0.717) is 0 Å². The van der Waals surface area contributed by atoms with Gasteiger partial charge in [0.15, 0.2) is 0 Å². The molecule has 0 aliphatic heterocycles. The Bertz CT molecular complexity index is 388. The van der Waals surface area contributed by atoms with Crippen molar-refractivity contribution in [3.05, 3.63) is 53.6 Å². The van der Waals surface area contributed by atoms with Crippen molar-refractivity contribution in [2.45, 2.75) is 26.2 Å². The molecule has 0 aliphatic carbocycles. The summed E-state index contributed by atoms with van der Waals surface area (Å²) in [7, 11) is 0. The molecule has 0 aromatic heterocycles. The van der Waals surface area contributed by atoms with Crippen molar-refractivity contribution >= 4 is 12.4 Å². The summed E-state index contributed by atoms with van der Waals surface area (Å²) in [5.41, 5.74) is 2.66. The summed E-state index contributed by atoms with van der Waals surface area (Å²) in [6.07, 6.45) is 7.81. The van der Waals surface area contributed by atoms with Gasteiger partial charge in [0.1, 0.15) is 6.29 Å². The van der Waals surface area contributed by atoms with Gasteiger partial charge >= 0.3 is 0 Å². The van der Waals surface area contributed by atoms with Crippen LogP contribution in [0.2, 0.25) is 0 Å². The summed E-state index contributed by atoms with van der Waals surface area (Å²) in [4.78, 5) is 10.1. The maximum Gasteiger partial charge on any atom is 0.142 e. The van der Waals surface area contributed by atoms with Crippen molar-refractivity contribution in [3.8, 4) is 0 Å². The first-order chi connectivity index (χ1) is 7.54. The summed E-state index contributed by atoms with van der Waals surface area (Å²) in [5.74, 6) is 0. The molecule has 0 radical (unpaired) electrons. The van der Waals surface area contributed by atoms with Gasteiger partial charge in [-0.2, -0.15) is 0 Å². The Hall–Kier alpha value is -1.63. The second-order valence-corrected chi connectivity index (χ2v) is 4.75. The molecule has 0 amide bonds. The third-order valence-corrected chi connectivity index (χ3v) is 2.37. The predicted octanol–water partition coefficient (Wildman–Crippen LogP) is 3.75. The van der Waals surface area contributed by atoms with Gasteiger partial charge in [0, 0.05) is 0 Å². The molecule has 16 heavy (non-hydrogen) atoms. The molecule has 0 unspecified atom stereocenters. The van der Waals surface area contributed by atoms with Gasteiger partial charge in [-0.25, -0.2) is 0 Å². The molecule has 1 aromatic carbocycles. The van der Waals surface area contributed by atoms with Crippen LogP contribution in [0.25, 0.3) is 6.08 Å². The van der Waals surface area contributed by atoms with Crippen LogP contribution >= 0.6 is 0 Å². The van der Waals surface area contributed by atoms with E-state index in [2.05, 4.69) is 45.0 Å². The van der Waals surface area contributed by atoms with Gasteiger partial charge in [-0.15, -0.1) is 0 Å². The number of carbonyl (C=O) groups is 1. The minimum atomic E-state index is 0.194. The molecular formula is C15H18O. The maximum atomic E-state index is 10.1. The predicted molar refractivity (Wildman–Crippen MR) is 69.4 cm³/mol. The number of hydrogen-bond donors (Lipinski definition) is 0. The Labute approximate surface area is 97.5 Å². The summed E-state index contributed by atoms with van der Waals surface area (Å²) in [6, 6.07) is 8.46. The lowest BCUT2D eigenvalue weighted by molar-refractivity contribution is -0.104. The van der Waals surface area contributed by atoms with Crippen LogP contribution in [0, 0.1) is 0 Å². The molecule has 0 spiro atoms. The summed E-state index contributed by atoms with van der Waals surface area (Å²) in [6.45, 7) is 6.60. The number of hydrogen-bond acceptors (Lipinski definition) is 1. The summed E-state index contributed by atoms with van der Waals surface area (Å²) >= 11 is 0. The fourth-order valence-electron chi connectivity index (χ4n) is 1.37. The first-order valence-electron chi connectivity index (χ1n) is 5.43. The van der Waals surface area contributed by atoms with E-state index in [1.54, 1.807) is 6.08 Å². The Morgan fingerprint density at radius 3 is 2.06 bits per heavy atom. The molecule has 0 fully saturated rings. The van der Waals surface area contributed by atoms with Crippen LogP contribution < -0.4 is 0 Å². The molecule has 0 N–H and O–H groups in total. The van der Waals surface area contributed by atoms with Crippen LogP contribution in [0.15, 0.2) is 42.5 Å². The van der Waals surface area contributed by atoms with Crippen molar-refractivity contribution in [2.75, 3.05) is 0 Å². The minimum absolute atomic E-state index is 0.194. The largest absolute Gasteiger partial charge is 0.299 e. The van der Waals surface area contributed by atoms with Crippen LogP contribution in [0.3, 0.4) is 0 Å². The number of benzene rings is 1. The Balaban J connectivity index is 2.76. The van der Waals surface area contributed by atoms with Crippen LogP contribution in [0.4, 0.5) is 0 Å². The third-order valence-electron chi connectivity index (χ3n) is 2.37. The van der Waals surface area contributed by atoms with Crippen molar-refractivity contribution in [1.29, 1.82) is 0 Å². The topological polar surface area (TPSA) is 17.1 Å². The molecule has 1 aromatic rings. The van der Waals surface area contributed by atoms with Crippen LogP contribution in [0.1, 0.15) is 31.9 Å². The van der Waals surface area contributed by atoms with Gasteiger partial charge in [0.25, 0.3) is 0 Å². The van der Waals surface area contributed by atoms with Gasteiger partial charge in [-0.1, -0.05) is 63.3 Å². The van der Waals surface area contributed by atoms with Gasteiger partial charge < -0.3 is 0 Å². The molecule has 1 rings (SSSR count). The van der Waals surface area contributed by atoms with Crippen molar-refractivity contribution in [2.24, 2.45) is 0 Å². The Morgan fingerprint density at radius 1 is 0.938 bits per heavy atom. The lowest BCUT2D eigenvalue weighted by atomic mass is 9.87. The lowest BCUT2D eigenvalue weighted by Crippen LogP contribution is -2.10. The van der Waals surface area contributed by atoms with Crippen molar-refractivity contribution in [3.63, 3.8) is 0 Å². The smallest absolute Gasteiger partial charge is 0.142 e. The molecule has 0 aliphatic rings. The Morgan fingerprint density at radius 2 is 1.56 bits per heavy atom. The van der Waals surface area contributed by atoms with Crippen LogP contribution in [-0.4, -0.2) is 6.29 Å². The zero-order chi connectivity index (χ0) is 12.0. The molecule has 0 bridgehead atoms. The van der Waals surface area contributed by atoms with E-state index in [1.807, 2.05) is 12.2 Å². The number of rotatable bonds is 3. The standard InChI is InChI=1S/C15H18O/c1-15(2,3)14-10-8-13(9-11-14)7-5-4-6-12-16/h4-12H,1-3H3/b6-4+,7-5+. The second-order valence-electron chi connectivity index (χ2n) is 4.75. The van der Waals surface area contributed by atoms with E-state index in [0.717, 1.165) is 11.8 Å². The van der Waals surface area contributed by atoms with E-state index < -0.39 is 0 Å². The first-order valence-corrected chi connectivity index (χ1v) is 5.43. The highest BCUT2D eigenvalue weighted by Crippen LogP contribution is 2.22.